The number of piperidine rings is 1. The first-order chi connectivity index (χ1) is 16.7. The largest absolute Gasteiger partial charge is 0.493 e. The Kier molecular flexibility index (Phi) is 8.09. The summed E-state index contributed by atoms with van der Waals surface area (Å²) in [6.07, 6.45) is 5.23. The Labute approximate surface area is 200 Å². The van der Waals surface area contributed by atoms with Gasteiger partial charge in [-0.05, 0) is 55.8 Å². The number of amides is 1. The molecule has 2 heterocycles. The van der Waals surface area contributed by atoms with E-state index in [1.54, 1.807) is 32.6 Å². The second-order valence-electron chi connectivity index (χ2n) is 8.32. The van der Waals surface area contributed by atoms with E-state index in [2.05, 4.69) is 10.2 Å². The Balaban J connectivity index is 1.48. The zero-order valence-electron chi connectivity index (χ0n) is 19.8. The monoisotopic (exact) mass is 464 g/mol. The Morgan fingerprint density at radius 2 is 1.71 bits per heavy atom. The van der Waals surface area contributed by atoms with Crippen molar-refractivity contribution in [3.8, 4) is 17.2 Å². The fourth-order valence-electron chi connectivity index (χ4n) is 4.29. The van der Waals surface area contributed by atoms with Crippen molar-refractivity contribution in [3.05, 3.63) is 77.7 Å². The van der Waals surface area contributed by atoms with E-state index >= 15 is 0 Å². The highest BCUT2D eigenvalue weighted by molar-refractivity contribution is 5.95. The number of methoxy groups -OCH3 is 2. The van der Waals surface area contributed by atoms with Crippen molar-refractivity contribution in [1.29, 1.82) is 0 Å². The molecule has 1 unspecified atom stereocenters. The molecular weight excluding hydrogens is 432 g/mol. The molecule has 1 amide bonds. The summed E-state index contributed by atoms with van der Waals surface area (Å²) >= 11 is 0. The lowest BCUT2D eigenvalue weighted by Gasteiger charge is -2.33. The molecule has 7 nitrogen and oxygen atoms in total. The van der Waals surface area contributed by atoms with Crippen LogP contribution in [-0.2, 0) is 6.61 Å². The SMILES string of the molecule is COc1cc(C(=O)NCC(c2ccco2)N2CCCCC2)cc(OC)c1OCc1ccccc1. The van der Waals surface area contributed by atoms with Crippen LogP contribution in [0, 0.1) is 0 Å². The van der Waals surface area contributed by atoms with Gasteiger partial charge in [0.1, 0.15) is 12.4 Å². The van der Waals surface area contributed by atoms with E-state index < -0.39 is 0 Å². The van der Waals surface area contributed by atoms with Crippen LogP contribution in [0.5, 0.6) is 17.2 Å². The highest BCUT2D eigenvalue weighted by Gasteiger charge is 2.26. The number of benzene rings is 2. The molecule has 0 saturated carbocycles. The third kappa shape index (κ3) is 5.72. The van der Waals surface area contributed by atoms with E-state index in [0.717, 1.165) is 37.3 Å². The Morgan fingerprint density at radius 1 is 1.00 bits per heavy atom. The topological polar surface area (TPSA) is 73.2 Å². The van der Waals surface area contributed by atoms with Crippen LogP contribution >= 0.6 is 0 Å². The van der Waals surface area contributed by atoms with Gasteiger partial charge in [0.05, 0.1) is 26.5 Å². The molecule has 1 aromatic heterocycles. The second-order valence-corrected chi connectivity index (χ2v) is 8.32. The number of carbonyl (C=O) groups excluding carboxylic acids is 1. The Morgan fingerprint density at radius 3 is 2.32 bits per heavy atom. The number of ether oxygens (including phenoxy) is 3. The molecule has 2 aromatic carbocycles. The van der Waals surface area contributed by atoms with E-state index in [0.29, 0.717) is 36.0 Å². The number of likely N-dealkylation sites (tertiary alicyclic amines) is 1. The van der Waals surface area contributed by atoms with Gasteiger partial charge in [0.25, 0.3) is 5.91 Å². The van der Waals surface area contributed by atoms with Crippen molar-refractivity contribution in [2.45, 2.75) is 31.9 Å². The van der Waals surface area contributed by atoms with Gasteiger partial charge >= 0.3 is 0 Å². The fourth-order valence-corrected chi connectivity index (χ4v) is 4.29. The first kappa shape index (κ1) is 23.7. The molecule has 0 aliphatic carbocycles. The second kappa shape index (κ2) is 11.6. The molecule has 0 spiro atoms. The molecular formula is C27H32N2O5. The van der Waals surface area contributed by atoms with Gasteiger partial charge in [-0.3, -0.25) is 9.69 Å². The van der Waals surface area contributed by atoms with Crippen molar-refractivity contribution >= 4 is 5.91 Å². The van der Waals surface area contributed by atoms with E-state index in [1.807, 2.05) is 42.5 Å². The van der Waals surface area contributed by atoms with E-state index in [4.69, 9.17) is 18.6 Å². The smallest absolute Gasteiger partial charge is 0.251 e. The van der Waals surface area contributed by atoms with Gasteiger partial charge < -0.3 is 23.9 Å². The van der Waals surface area contributed by atoms with E-state index in [-0.39, 0.29) is 11.9 Å². The van der Waals surface area contributed by atoms with Crippen LogP contribution in [0.4, 0.5) is 0 Å². The fraction of sp³-hybridized carbons (Fsp3) is 0.370. The molecule has 0 bridgehead atoms. The molecule has 180 valence electrons. The van der Waals surface area contributed by atoms with E-state index in [9.17, 15) is 4.79 Å². The maximum Gasteiger partial charge on any atom is 0.251 e. The van der Waals surface area contributed by atoms with Gasteiger partial charge in [-0.15, -0.1) is 0 Å². The van der Waals surface area contributed by atoms with Crippen molar-refractivity contribution in [1.82, 2.24) is 10.2 Å². The Hall–Kier alpha value is -3.45. The minimum Gasteiger partial charge on any atom is -0.493 e. The van der Waals surface area contributed by atoms with Gasteiger partial charge in [0, 0.05) is 12.1 Å². The van der Waals surface area contributed by atoms with Gasteiger partial charge in [0.2, 0.25) is 5.75 Å². The van der Waals surface area contributed by atoms with Crippen molar-refractivity contribution in [2.24, 2.45) is 0 Å². The molecule has 0 radical (unpaired) electrons. The van der Waals surface area contributed by atoms with Crippen LogP contribution in [0.2, 0.25) is 0 Å². The lowest BCUT2D eigenvalue weighted by atomic mass is 10.1. The summed E-state index contributed by atoms with van der Waals surface area (Å²) in [5.41, 5.74) is 1.47. The molecule has 34 heavy (non-hydrogen) atoms. The molecule has 1 atom stereocenters. The van der Waals surface area contributed by atoms with Crippen LogP contribution < -0.4 is 19.5 Å². The van der Waals surface area contributed by atoms with Crippen LogP contribution in [0.15, 0.2) is 65.3 Å². The summed E-state index contributed by atoms with van der Waals surface area (Å²) in [4.78, 5) is 15.5. The van der Waals surface area contributed by atoms with Crippen molar-refractivity contribution in [3.63, 3.8) is 0 Å². The maximum absolute atomic E-state index is 13.1. The number of nitrogens with one attached hydrogen (secondary N) is 1. The minimum atomic E-state index is -0.209. The van der Waals surface area contributed by atoms with Crippen LogP contribution in [-0.4, -0.2) is 44.7 Å². The number of furan rings is 1. The summed E-state index contributed by atoms with van der Waals surface area (Å²) in [7, 11) is 3.10. The quantitative estimate of drug-likeness (QED) is 0.463. The van der Waals surface area contributed by atoms with Crippen molar-refractivity contribution in [2.75, 3.05) is 33.9 Å². The predicted molar refractivity (Wildman–Crippen MR) is 130 cm³/mol. The van der Waals surface area contributed by atoms with Gasteiger partial charge in [-0.1, -0.05) is 36.8 Å². The first-order valence-corrected chi connectivity index (χ1v) is 11.7. The molecule has 3 aromatic rings. The van der Waals surface area contributed by atoms with Crippen LogP contribution in [0.1, 0.15) is 47.0 Å². The zero-order chi connectivity index (χ0) is 23.8. The summed E-state index contributed by atoms with van der Waals surface area (Å²) in [5.74, 6) is 2.01. The van der Waals surface area contributed by atoms with Gasteiger partial charge in [-0.2, -0.15) is 0 Å². The molecule has 1 fully saturated rings. The molecule has 1 aliphatic heterocycles. The van der Waals surface area contributed by atoms with E-state index in [1.165, 1.54) is 6.42 Å². The highest BCUT2D eigenvalue weighted by Crippen LogP contribution is 2.39. The molecule has 1 saturated heterocycles. The lowest BCUT2D eigenvalue weighted by Crippen LogP contribution is -2.40. The number of hydrogen-bond acceptors (Lipinski definition) is 6. The number of carbonyl (C=O) groups is 1. The maximum atomic E-state index is 13.1. The third-order valence-electron chi connectivity index (χ3n) is 6.11. The molecule has 4 rings (SSSR count). The van der Waals surface area contributed by atoms with Gasteiger partial charge in [-0.25, -0.2) is 0 Å². The van der Waals surface area contributed by atoms with Crippen LogP contribution in [0.3, 0.4) is 0 Å². The molecule has 7 heteroatoms. The first-order valence-electron chi connectivity index (χ1n) is 11.7. The number of nitrogens with zero attached hydrogens (tertiary/aromatic N) is 1. The average molecular weight is 465 g/mol. The van der Waals surface area contributed by atoms with Gasteiger partial charge in [0.15, 0.2) is 11.5 Å². The standard InChI is InChI=1S/C27H32N2O5/c1-31-24-16-21(17-25(32-2)26(24)34-19-20-10-5-3-6-11-20)27(30)28-18-22(23-12-9-15-33-23)29-13-7-4-8-14-29/h3,5-6,9-12,15-17,22H,4,7-8,13-14,18-19H2,1-2H3,(H,28,30). The lowest BCUT2D eigenvalue weighted by molar-refractivity contribution is 0.0913. The normalized spacial score (nSPS) is 14.9. The minimum absolute atomic E-state index is 0.00322. The zero-order valence-corrected chi connectivity index (χ0v) is 19.8. The van der Waals surface area contributed by atoms with Crippen molar-refractivity contribution < 1.29 is 23.4 Å². The summed E-state index contributed by atoms with van der Waals surface area (Å²) in [5, 5.41) is 3.07. The summed E-state index contributed by atoms with van der Waals surface area (Å²) in [6, 6.07) is 17.1. The molecule has 1 aliphatic rings. The summed E-state index contributed by atoms with van der Waals surface area (Å²) in [6.45, 7) is 2.80. The van der Waals surface area contributed by atoms with Crippen LogP contribution in [0.25, 0.3) is 0 Å². The average Bonchev–Trinajstić information content (AvgIpc) is 3.43. The predicted octanol–water partition coefficient (Wildman–Crippen LogP) is 4.83. The number of hydrogen-bond donors (Lipinski definition) is 1. The molecule has 1 N–H and O–H groups in total. The Bertz CT molecular complexity index is 1020. The highest BCUT2D eigenvalue weighted by atomic mass is 16.5. The summed E-state index contributed by atoms with van der Waals surface area (Å²) < 4.78 is 22.8. The third-order valence-corrected chi connectivity index (χ3v) is 6.11. The number of rotatable bonds is 10.